The Morgan fingerprint density at radius 1 is 1.25 bits per heavy atom. The lowest BCUT2D eigenvalue weighted by molar-refractivity contribution is -0.126. The fraction of sp³-hybridized carbons (Fsp3) is 0.200. The van der Waals surface area contributed by atoms with E-state index in [-0.39, 0.29) is 6.42 Å². The number of halogens is 1. The Hall–Kier alpha value is -1.75. The van der Waals surface area contributed by atoms with Crippen molar-refractivity contribution in [1.29, 1.82) is 0 Å². The maximum absolute atomic E-state index is 11.0. The van der Waals surface area contributed by atoms with Crippen molar-refractivity contribution in [3.05, 3.63) is 34.9 Å². The van der Waals surface area contributed by atoms with Crippen molar-refractivity contribution >= 4 is 23.6 Å². The van der Waals surface area contributed by atoms with Crippen LogP contribution in [0.15, 0.2) is 24.3 Å². The zero-order valence-corrected chi connectivity index (χ0v) is 9.11. The number of primary amides is 2. The van der Waals surface area contributed by atoms with Crippen molar-refractivity contribution in [3.63, 3.8) is 0 Å². The fourth-order valence-electron chi connectivity index (χ4n) is 1.18. The number of hydrogen-bond donors (Lipinski definition) is 2. The van der Waals surface area contributed by atoms with Gasteiger partial charge in [-0.15, -0.1) is 0 Å². The lowest BCUT2D eigenvalue weighted by Crippen LogP contribution is -2.36. The third-order valence-corrected chi connectivity index (χ3v) is 2.16. The Kier molecular flexibility index (Phi) is 4.13. The minimum absolute atomic E-state index is 0.176. The molecular weight excluding hydrogens is 232 g/mol. The van der Waals surface area contributed by atoms with Gasteiger partial charge >= 0.3 is 6.09 Å². The Morgan fingerprint density at radius 3 is 2.25 bits per heavy atom. The second-order valence-electron chi connectivity index (χ2n) is 3.16. The molecule has 0 saturated heterocycles. The minimum Gasteiger partial charge on any atom is -0.436 e. The van der Waals surface area contributed by atoms with Gasteiger partial charge in [0.2, 0.25) is 0 Å². The van der Waals surface area contributed by atoms with Crippen LogP contribution in [0.2, 0.25) is 5.02 Å². The topological polar surface area (TPSA) is 95.4 Å². The van der Waals surface area contributed by atoms with Gasteiger partial charge < -0.3 is 16.2 Å². The van der Waals surface area contributed by atoms with Crippen LogP contribution in [0.3, 0.4) is 0 Å². The van der Waals surface area contributed by atoms with Crippen LogP contribution < -0.4 is 11.5 Å². The second kappa shape index (κ2) is 5.37. The van der Waals surface area contributed by atoms with Gasteiger partial charge in [-0.25, -0.2) is 4.79 Å². The number of ether oxygens (including phenoxy) is 1. The standard InChI is InChI=1S/C10H11ClN2O3/c11-7-3-1-6(2-4-7)5-8(9(12)14)16-10(13)15/h1-4,8H,5H2,(H2,12,14)(H2,13,15)/t8-/m0/s1. The molecule has 0 saturated carbocycles. The maximum atomic E-state index is 11.0. The summed E-state index contributed by atoms with van der Waals surface area (Å²) < 4.78 is 4.58. The smallest absolute Gasteiger partial charge is 0.405 e. The Balaban J connectivity index is 2.71. The highest BCUT2D eigenvalue weighted by Gasteiger charge is 2.19. The lowest BCUT2D eigenvalue weighted by Gasteiger charge is -2.12. The molecule has 1 aromatic rings. The molecule has 1 atom stereocenters. The minimum atomic E-state index is -1.06. The molecule has 0 unspecified atom stereocenters. The molecule has 2 amide bonds. The maximum Gasteiger partial charge on any atom is 0.405 e. The molecule has 1 aromatic carbocycles. The molecule has 4 N–H and O–H groups in total. The van der Waals surface area contributed by atoms with E-state index in [0.717, 1.165) is 5.56 Å². The van der Waals surface area contributed by atoms with Crippen LogP contribution in [0.1, 0.15) is 5.56 Å². The summed E-state index contributed by atoms with van der Waals surface area (Å²) in [6, 6.07) is 6.75. The highest BCUT2D eigenvalue weighted by Crippen LogP contribution is 2.12. The summed E-state index contributed by atoms with van der Waals surface area (Å²) in [6.07, 6.45) is -1.91. The van der Waals surface area contributed by atoms with E-state index in [1.807, 2.05) is 0 Å². The SMILES string of the molecule is NC(=O)O[C@@H](Cc1ccc(Cl)cc1)C(N)=O. The van der Waals surface area contributed by atoms with Gasteiger partial charge in [0.15, 0.2) is 6.10 Å². The number of amides is 2. The highest BCUT2D eigenvalue weighted by atomic mass is 35.5. The van der Waals surface area contributed by atoms with Crippen LogP contribution in [0.25, 0.3) is 0 Å². The molecular formula is C10H11ClN2O3. The van der Waals surface area contributed by atoms with E-state index in [4.69, 9.17) is 23.1 Å². The van der Waals surface area contributed by atoms with Crippen molar-refractivity contribution in [2.24, 2.45) is 11.5 Å². The molecule has 0 aliphatic rings. The summed E-state index contributed by atoms with van der Waals surface area (Å²) in [7, 11) is 0. The van der Waals surface area contributed by atoms with E-state index in [0.29, 0.717) is 5.02 Å². The summed E-state index contributed by atoms with van der Waals surface area (Å²) in [5.41, 5.74) is 10.7. The van der Waals surface area contributed by atoms with Gasteiger partial charge in [0.25, 0.3) is 5.91 Å². The van der Waals surface area contributed by atoms with Crippen LogP contribution in [0.4, 0.5) is 4.79 Å². The molecule has 86 valence electrons. The van der Waals surface area contributed by atoms with E-state index < -0.39 is 18.1 Å². The van der Waals surface area contributed by atoms with Crippen molar-refractivity contribution in [1.82, 2.24) is 0 Å². The molecule has 1 rings (SSSR count). The van der Waals surface area contributed by atoms with Crippen molar-refractivity contribution < 1.29 is 14.3 Å². The van der Waals surface area contributed by atoms with Crippen LogP contribution in [-0.4, -0.2) is 18.1 Å². The van der Waals surface area contributed by atoms with Crippen LogP contribution >= 0.6 is 11.6 Å². The fourth-order valence-corrected chi connectivity index (χ4v) is 1.30. The van der Waals surface area contributed by atoms with Gasteiger partial charge in [0.05, 0.1) is 0 Å². The summed E-state index contributed by atoms with van der Waals surface area (Å²) in [5, 5.41) is 0.579. The first kappa shape index (κ1) is 12.3. The number of nitrogens with two attached hydrogens (primary N) is 2. The average Bonchev–Trinajstić information content (AvgIpc) is 2.19. The van der Waals surface area contributed by atoms with Gasteiger partial charge in [0.1, 0.15) is 0 Å². The van der Waals surface area contributed by atoms with E-state index in [1.54, 1.807) is 24.3 Å². The van der Waals surface area contributed by atoms with Crippen LogP contribution in [0, 0.1) is 0 Å². The first-order valence-corrected chi connectivity index (χ1v) is 4.86. The van der Waals surface area contributed by atoms with E-state index in [9.17, 15) is 9.59 Å². The molecule has 0 radical (unpaired) electrons. The number of benzene rings is 1. The quantitative estimate of drug-likeness (QED) is 0.819. The van der Waals surface area contributed by atoms with Gasteiger partial charge in [-0.1, -0.05) is 23.7 Å². The van der Waals surface area contributed by atoms with Gasteiger partial charge in [-0.3, -0.25) is 4.79 Å². The molecule has 6 heteroatoms. The third kappa shape index (κ3) is 3.78. The normalized spacial score (nSPS) is 11.8. The largest absolute Gasteiger partial charge is 0.436 e. The van der Waals surface area contributed by atoms with Crippen molar-refractivity contribution in [2.75, 3.05) is 0 Å². The summed E-state index contributed by atoms with van der Waals surface area (Å²) in [4.78, 5) is 21.5. The zero-order chi connectivity index (χ0) is 12.1. The Morgan fingerprint density at radius 2 is 1.81 bits per heavy atom. The summed E-state index contributed by atoms with van der Waals surface area (Å²) in [5.74, 6) is -0.742. The monoisotopic (exact) mass is 242 g/mol. The van der Waals surface area contributed by atoms with Gasteiger partial charge in [0, 0.05) is 11.4 Å². The van der Waals surface area contributed by atoms with Crippen LogP contribution in [0.5, 0.6) is 0 Å². The molecule has 0 spiro atoms. The highest BCUT2D eigenvalue weighted by molar-refractivity contribution is 6.30. The molecule has 0 bridgehead atoms. The average molecular weight is 243 g/mol. The zero-order valence-electron chi connectivity index (χ0n) is 8.35. The first-order valence-electron chi connectivity index (χ1n) is 4.49. The summed E-state index contributed by atoms with van der Waals surface area (Å²) >= 11 is 5.70. The number of rotatable bonds is 4. The molecule has 0 heterocycles. The van der Waals surface area contributed by atoms with E-state index >= 15 is 0 Å². The molecule has 0 aliphatic carbocycles. The third-order valence-electron chi connectivity index (χ3n) is 1.91. The molecule has 0 fully saturated rings. The number of hydrogen-bond acceptors (Lipinski definition) is 3. The van der Waals surface area contributed by atoms with E-state index in [1.165, 1.54) is 0 Å². The Bertz CT molecular complexity index is 392. The first-order chi connectivity index (χ1) is 7.49. The van der Waals surface area contributed by atoms with Crippen molar-refractivity contribution in [2.45, 2.75) is 12.5 Å². The van der Waals surface area contributed by atoms with Gasteiger partial charge in [-0.05, 0) is 17.7 Å². The summed E-state index contributed by atoms with van der Waals surface area (Å²) in [6.45, 7) is 0. The molecule has 0 aliphatic heterocycles. The molecule has 0 aromatic heterocycles. The van der Waals surface area contributed by atoms with Gasteiger partial charge in [-0.2, -0.15) is 0 Å². The molecule has 5 nitrogen and oxygen atoms in total. The van der Waals surface area contributed by atoms with E-state index in [2.05, 4.69) is 4.74 Å². The molecule has 16 heavy (non-hydrogen) atoms. The Labute approximate surface area is 97.3 Å². The predicted molar refractivity (Wildman–Crippen MR) is 58.8 cm³/mol. The second-order valence-corrected chi connectivity index (χ2v) is 3.59. The number of carbonyl (C=O) groups is 2. The predicted octanol–water partition coefficient (Wildman–Crippen LogP) is 0.832. The van der Waals surface area contributed by atoms with Crippen molar-refractivity contribution in [3.8, 4) is 0 Å². The van der Waals surface area contributed by atoms with Crippen LogP contribution in [-0.2, 0) is 16.0 Å². The number of carbonyl (C=O) groups excluding carboxylic acids is 2. The lowest BCUT2D eigenvalue weighted by atomic mass is 10.1.